The van der Waals surface area contributed by atoms with E-state index < -0.39 is 10.0 Å². The summed E-state index contributed by atoms with van der Waals surface area (Å²) in [4.78, 5) is 8.05. The Bertz CT molecular complexity index is 1100. The highest BCUT2D eigenvalue weighted by atomic mass is 35.5. The standard InChI is InChI=1S/C18H14ClN3O3S/c19-18-20-7-6-17(21-18)22-10-15-5-4-14(9-16(15)26(22,24)25)13-3-1-2-12(8-13)11-23/h1-9,23H,10-11H2. The number of aliphatic hydroxyl groups excluding tert-OH is 1. The van der Waals surface area contributed by atoms with Crippen LogP contribution in [0.1, 0.15) is 11.1 Å². The zero-order chi connectivity index (χ0) is 18.3. The summed E-state index contributed by atoms with van der Waals surface area (Å²) < 4.78 is 27.2. The fourth-order valence-electron chi connectivity index (χ4n) is 2.98. The van der Waals surface area contributed by atoms with E-state index >= 15 is 0 Å². The van der Waals surface area contributed by atoms with E-state index in [0.29, 0.717) is 5.56 Å². The third-order valence-electron chi connectivity index (χ3n) is 4.26. The van der Waals surface area contributed by atoms with E-state index in [2.05, 4.69) is 9.97 Å². The molecule has 1 aromatic heterocycles. The second-order valence-electron chi connectivity index (χ2n) is 5.88. The number of rotatable bonds is 3. The second-order valence-corrected chi connectivity index (χ2v) is 8.05. The molecule has 0 amide bonds. The van der Waals surface area contributed by atoms with E-state index in [1.807, 2.05) is 30.3 Å². The topological polar surface area (TPSA) is 83.4 Å². The van der Waals surface area contributed by atoms with Gasteiger partial charge in [-0.3, -0.25) is 0 Å². The minimum atomic E-state index is -3.73. The highest BCUT2D eigenvalue weighted by Gasteiger charge is 2.36. The van der Waals surface area contributed by atoms with Crippen LogP contribution in [0.15, 0.2) is 59.6 Å². The first-order valence-corrected chi connectivity index (χ1v) is 9.65. The lowest BCUT2D eigenvalue weighted by molar-refractivity contribution is 0.282. The molecule has 0 saturated heterocycles. The molecular formula is C18H14ClN3O3S. The maximum absolute atomic E-state index is 13.0. The van der Waals surface area contributed by atoms with Gasteiger partial charge in [-0.1, -0.05) is 30.3 Å². The van der Waals surface area contributed by atoms with Crippen molar-refractivity contribution in [3.8, 4) is 11.1 Å². The highest BCUT2D eigenvalue weighted by Crippen LogP contribution is 2.36. The number of fused-ring (bicyclic) bond motifs is 1. The van der Waals surface area contributed by atoms with Gasteiger partial charge in [-0.25, -0.2) is 17.7 Å². The molecule has 0 bridgehead atoms. The molecule has 26 heavy (non-hydrogen) atoms. The Kier molecular flexibility index (Phi) is 4.14. The Hall–Kier alpha value is -2.48. The minimum Gasteiger partial charge on any atom is -0.392 e. The summed E-state index contributed by atoms with van der Waals surface area (Å²) in [6.45, 7) is 0.126. The first-order valence-electron chi connectivity index (χ1n) is 7.83. The molecule has 3 aromatic rings. The van der Waals surface area contributed by atoms with Gasteiger partial charge in [0.05, 0.1) is 18.0 Å². The molecule has 0 saturated carbocycles. The number of hydrogen-bond acceptors (Lipinski definition) is 5. The lowest BCUT2D eigenvalue weighted by Crippen LogP contribution is -2.24. The summed E-state index contributed by atoms with van der Waals surface area (Å²) in [5.74, 6) is 0.241. The molecule has 1 N–H and O–H groups in total. The number of nitrogens with zero attached hydrogens (tertiary/aromatic N) is 3. The molecule has 1 aliphatic heterocycles. The van der Waals surface area contributed by atoms with Crippen LogP contribution in [0, 0.1) is 0 Å². The van der Waals surface area contributed by atoms with E-state index in [9.17, 15) is 13.5 Å². The molecule has 132 valence electrons. The molecule has 4 rings (SSSR count). The van der Waals surface area contributed by atoms with Gasteiger partial charge in [0.1, 0.15) is 5.82 Å². The fourth-order valence-corrected chi connectivity index (χ4v) is 4.76. The van der Waals surface area contributed by atoms with Gasteiger partial charge in [0.15, 0.2) is 0 Å². The van der Waals surface area contributed by atoms with Gasteiger partial charge in [0.25, 0.3) is 10.0 Å². The van der Waals surface area contributed by atoms with Crippen molar-refractivity contribution in [3.05, 3.63) is 71.1 Å². The predicted molar refractivity (Wildman–Crippen MR) is 98.2 cm³/mol. The summed E-state index contributed by atoms with van der Waals surface area (Å²) in [6, 6.07) is 14.2. The SMILES string of the molecule is O=S1(=O)c2cc(-c3cccc(CO)c3)ccc2CN1c1ccnc(Cl)n1. The van der Waals surface area contributed by atoms with Crippen LogP contribution in [0.2, 0.25) is 5.28 Å². The van der Waals surface area contributed by atoms with E-state index in [-0.39, 0.29) is 29.1 Å². The zero-order valence-electron chi connectivity index (χ0n) is 13.5. The number of aromatic nitrogens is 2. The number of benzene rings is 2. The van der Waals surface area contributed by atoms with Gasteiger partial charge in [0.2, 0.25) is 5.28 Å². The average Bonchev–Trinajstić information content (AvgIpc) is 2.92. The van der Waals surface area contributed by atoms with Crippen LogP contribution in [0.3, 0.4) is 0 Å². The molecule has 0 radical (unpaired) electrons. The normalized spacial score (nSPS) is 15.1. The Balaban J connectivity index is 1.78. The molecule has 8 heteroatoms. The van der Waals surface area contributed by atoms with Gasteiger partial charge >= 0.3 is 0 Å². The van der Waals surface area contributed by atoms with Crippen molar-refractivity contribution in [2.75, 3.05) is 4.31 Å². The monoisotopic (exact) mass is 387 g/mol. The quantitative estimate of drug-likeness (QED) is 0.698. The molecule has 0 aliphatic carbocycles. The Labute approximate surface area is 155 Å². The van der Waals surface area contributed by atoms with Crippen LogP contribution in [-0.2, 0) is 23.2 Å². The molecule has 1 aliphatic rings. The van der Waals surface area contributed by atoms with Crippen LogP contribution in [0.25, 0.3) is 11.1 Å². The lowest BCUT2D eigenvalue weighted by Gasteiger charge is -2.15. The van der Waals surface area contributed by atoms with Crippen molar-refractivity contribution >= 4 is 27.4 Å². The summed E-state index contributed by atoms with van der Waals surface area (Å²) in [5.41, 5.74) is 3.08. The molecule has 6 nitrogen and oxygen atoms in total. The summed E-state index contributed by atoms with van der Waals surface area (Å²) in [6.07, 6.45) is 1.43. The predicted octanol–water partition coefficient (Wildman–Crippen LogP) is 3.00. The molecule has 0 unspecified atom stereocenters. The summed E-state index contributed by atoms with van der Waals surface area (Å²) in [7, 11) is -3.73. The summed E-state index contributed by atoms with van der Waals surface area (Å²) in [5, 5.41) is 9.30. The number of anilines is 1. The van der Waals surface area contributed by atoms with Crippen LogP contribution in [0.5, 0.6) is 0 Å². The van der Waals surface area contributed by atoms with Crippen molar-refractivity contribution in [2.24, 2.45) is 0 Å². The van der Waals surface area contributed by atoms with Crippen molar-refractivity contribution in [2.45, 2.75) is 18.0 Å². The number of halogens is 1. The fraction of sp³-hybridized carbons (Fsp3) is 0.111. The van der Waals surface area contributed by atoms with Crippen molar-refractivity contribution < 1.29 is 13.5 Å². The lowest BCUT2D eigenvalue weighted by atomic mass is 10.0. The van der Waals surface area contributed by atoms with Crippen LogP contribution in [-0.4, -0.2) is 23.5 Å². The number of sulfonamides is 1. The highest BCUT2D eigenvalue weighted by molar-refractivity contribution is 7.93. The van der Waals surface area contributed by atoms with E-state index in [0.717, 1.165) is 16.7 Å². The smallest absolute Gasteiger partial charge is 0.266 e. The average molecular weight is 388 g/mol. The van der Waals surface area contributed by atoms with E-state index in [1.165, 1.54) is 16.6 Å². The van der Waals surface area contributed by atoms with Crippen LogP contribution < -0.4 is 4.31 Å². The Morgan fingerprint density at radius 2 is 1.92 bits per heavy atom. The Morgan fingerprint density at radius 1 is 1.12 bits per heavy atom. The summed E-state index contributed by atoms with van der Waals surface area (Å²) >= 11 is 5.80. The van der Waals surface area contributed by atoms with Gasteiger partial charge in [-0.15, -0.1) is 0 Å². The molecule has 2 heterocycles. The maximum Gasteiger partial charge on any atom is 0.266 e. The molecule has 0 atom stereocenters. The molecule has 0 spiro atoms. The maximum atomic E-state index is 13.0. The van der Waals surface area contributed by atoms with Crippen LogP contribution in [0.4, 0.5) is 5.82 Å². The second kappa shape index (κ2) is 6.35. The van der Waals surface area contributed by atoms with Crippen LogP contribution >= 0.6 is 11.6 Å². The third-order valence-corrected chi connectivity index (χ3v) is 6.27. The number of hydrogen-bond donors (Lipinski definition) is 1. The minimum absolute atomic E-state index is 0.00448. The van der Waals surface area contributed by atoms with Gasteiger partial charge in [-0.2, -0.15) is 4.98 Å². The molecule has 2 aromatic carbocycles. The van der Waals surface area contributed by atoms with Crippen molar-refractivity contribution in [1.82, 2.24) is 9.97 Å². The zero-order valence-corrected chi connectivity index (χ0v) is 15.1. The third kappa shape index (κ3) is 2.84. The first kappa shape index (κ1) is 17.0. The van der Waals surface area contributed by atoms with Gasteiger partial charge in [-0.05, 0) is 46.0 Å². The van der Waals surface area contributed by atoms with E-state index in [1.54, 1.807) is 12.1 Å². The Morgan fingerprint density at radius 3 is 2.69 bits per heavy atom. The van der Waals surface area contributed by atoms with Gasteiger partial charge < -0.3 is 5.11 Å². The number of aliphatic hydroxyl groups is 1. The van der Waals surface area contributed by atoms with Gasteiger partial charge in [0, 0.05) is 12.3 Å². The molecular weight excluding hydrogens is 374 g/mol. The largest absolute Gasteiger partial charge is 0.392 e. The first-order chi connectivity index (χ1) is 12.5. The van der Waals surface area contributed by atoms with Crippen molar-refractivity contribution in [1.29, 1.82) is 0 Å². The van der Waals surface area contributed by atoms with Crippen molar-refractivity contribution in [3.63, 3.8) is 0 Å². The molecule has 0 fully saturated rings. The van der Waals surface area contributed by atoms with E-state index in [4.69, 9.17) is 11.6 Å².